The fraction of sp³-hybridized carbons (Fsp3) is 0.300. The Labute approximate surface area is 104 Å². The summed E-state index contributed by atoms with van der Waals surface area (Å²) in [6.45, 7) is 2.25. The summed E-state index contributed by atoms with van der Waals surface area (Å²) in [5, 5.41) is 6.58. The Morgan fingerprint density at radius 2 is 2.24 bits per heavy atom. The van der Waals surface area contributed by atoms with Gasteiger partial charge < -0.3 is 0 Å². The highest BCUT2D eigenvalue weighted by molar-refractivity contribution is 7.91. The monoisotopic (exact) mass is 271 g/mol. The summed E-state index contributed by atoms with van der Waals surface area (Å²) in [6, 6.07) is 5.25. The Morgan fingerprint density at radius 1 is 1.41 bits per heavy atom. The molecule has 0 unspecified atom stereocenters. The largest absolute Gasteiger partial charge is 0.283 e. The Kier molecular flexibility index (Phi) is 3.60. The normalized spacial score (nSPS) is 11.8. The van der Waals surface area contributed by atoms with E-state index < -0.39 is 10.0 Å². The van der Waals surface area contributed by atoms with Crippen LogP contribution in [0.1, 0.15) is 10.6 Å². The van der Waals surface area contributed by atoms with Gasteiger partial charge >= 0.3 is 0 Å². The quantitative estimate of drug-likeness (QED) is 0.860. The standard InChI is InChI=1S/C10H13N3O2S2/c1-8-2-3-10(16-8)17(14,15)12-7-5-9-4-6-11-13-9/h2-4,6,12H,5,7H2,1H3,(H,11,13). The minimum Gasteiger partial charge on any atom is -0.283 e. The van der Waals surface area contributed by atoms with Gasteiger partial charge in [-0.3, -0.25) is 5.10 Å². The van der Waals surface area contributed by atoms with Gasteiger partial charge in [0.05, 0.1) is 0 Å². The van der Waals surface area contributed by atoms with E-state index in [9.17, 15) is 8.42 Å². The van der Waals surface area contributed by atoms with Gasteiger partial charge in [-0.25, -0.2) is 13.1 Å². The predicted octanol–water partition coefficient (Wildman–Crippen LogP) is 1.30. The first kappa shape index (κ1) is 12.3. The molecule has 7 heteroatoms. The van der Waals surface area contributed by atoms with Crippen LogP contribution < -0.4 is 4.72 Å². The van der Waals surface area contributed by atoms with Crippen LogP contribution in [0.2, 0.25) is 0 Å². The van der Waals surface area contributed by atoms with Crippen molar-refractivity contribution in [2.24, 2.45) is 0 Å². The fourth-order valence-corrected chi connectivity index (χ4v) is 3.73. The molecular formula is C10H13N3O2S2. The molecule has 2 rings (SSSR count). The highest BCUT2D eigenvalue weighted by Crippen LogP contribution is 2.20. The third kappa shape index (κ3) is 3.15. The molecule has 0 radical (unpaired) electrons. The predicted molar refractivity (Wildman–Crippen MR) is 66.5 cm³/mol. The first-order valence-corrected chi connectivity index (χ1v) is 7.42. The van der Waals surface area contributed by atoms with Crippen LogP contribution in [0, 0.1) is 6.92 Å². The number of nitrogens with one attached hydrogen (secondary N) is 2. The molecule has 0 fully saturated rings. The van der Waals surface area contributed by atoms with E-state index in [1.807, 2.05) is 13.0 Å². The minimum atomic E-state index is -3.36. The second-order valence-electron chi connectivity index (χ2n) is 3.59. The Hall–Kier alpha value is -1.18. The average molecular weight is 271 g/mol. The van der Waals surface area contributed by atoms with Gasteiger partial charge in [-0.2, -0.15) is 5.10 Å². The molecular weight excluding hydrogens is 258 g/mol. The van der Waals surface area contributed by atoms with Crippen molar-refractivity contribution in [1.29, 1.82) is 0 Å². The molecule has 0 saturated heterocycles. The Bertz CT molecular complexity index is 572. The lowest BCUT2D eigenvalue weighted by Crippen LogP contribution is -2.25. The highest BCUT2D eigenvalue weighted by Gasteiger charge is 2.15. The van der Waals surface area contributed by atoms with Gasteiger partial charge in [-0.1, -0.05) is 0 Å². The summed E-state index contributed by atoms with van der Waals surface area (Å²) in [5.74, 6) is 0. The van der Waals surface area contributed by atoms with Crippen molar-refractivity contribution in [1.82, 2.24) is 14.9 Å². The molecule has 0 aromatic carbocycles. The molecule has 0 saturated carbocycles. The number of nitrogens with zero attached hydrogens (tertiary/aromatic N) is 1. The van der Waals surface area contributed by atoms with Crippen molar-refractivity contribution >= 4 is 21.4 Å². The van der Waals surface area contributed by atoms with Gasteiger partial charge in [0, 0.05) is 29.7 Å². The molecule has 92 valence electrons. The SMILES string of the molecule is Cc1ccc(S(=O)(=O)NCCc2ccn[nH]2)s1. The summed E-state index contributed by atoms with van der Waals surface area (Å²) >= 11 is 1.27. The lowest BCUT2D eigenvalue weighted by molar-refractivity contribution is 0.583. The summed E-state index contributed by atoms with van der Waals surface area (Å²) < 4.78 is 26.6. The third-order valence-corrected chi connectivity index (χ3v) is 5.18. The average Bonchev–Trinajstić information content (AvgIpc) is 2.89. The number of hydrogen-bond acceptors (Lipinski definition) is 4. The van der Waals surface area contributed by atoms with E-state index in [2.05, 4.69) is 14.9 Å². The molecule has 17 heavy (non-hydrogen) atoms. The van der Waals surface area contributed by atoms with Gasteiger partial charge in [0.15, 0.2) is 0 Å². The van der Waals surface area contributed by atoms with Gasteiger partial charge in [-0.05, 0) is 25.1 Å². The molecule has 0 aliphatic heterocycles. The molecule has 2 aromatic heterocycles. The van der Waals surface area contributed by atoms with E-state index in [-0.39, 0.29) is 0 Å². The van der Waals surface area contributed by atoms with Crippen LogP contribution in [0.4, 0.5) is 0 Å². The van der Waals surface area contributed by atoms with Crippen LogP contribution in [-0.4, -0.2) is 25.2 Å². The number of thiophene rings is 1. The van der Waals surface area contributed by atoms with E-state index in [4.69, 9.17) is 0 Å². The maximum Gasteiger partial charge on any atom is 0.250 e. The molecule has 0 bridgehead atoms. The lowest BCUT2D eigenvalue weighted by atomic mass is 10.3. The first-order valence-electron chi connectivity index (χ1n) is 5.12. The van der Waals surface area contributed by atoms with E-state index >= 15 is 0 Å². The van der Waals surface area contributed by atoms with Crippen molar-refractivity contribution in [3.05, 3.63) is 35.0 Å². The van der Waals surface area contributed by atoms with Crippen molar-refractivity contribution in [3.63, 3.8) is 0 Å². The molecule has 2 heterocycles. The van der Waals surface area contributed by atoms with E-state index in [1.54, 1.807) is 18.3 Å². The molecule has 2 aromatic rings. The first-order chi connectivity index (χ1) is 8.08. The van der Waals surface area contributed by atoms with Gasteiger partial charge in [0.1, 0.15) is 4.21 Å². The van der Waals surface area contributed by atoms with Crippen LogP contribution in [0.25, 0.3) is 0 Å². The number of aryl methyl sites for hydroxylation is 1. The zero-order valence-corrected chi connectivity index (χ0v) is 10.9. The van der Waals surface area contributed by atoms with Gasteiger partial charge in [0.25, 0.3) is 0 Å². The summed E-state index contributed by atoms with van der Waals surface area (Å²) in [6.07, 6.45) is 2.25. The molecule has 5 nitrogen and oxygen atoms in total. The lowest BCUT2D eigenvalue weighted by Gasteiger charge is -2.03. The van der Waals surface area contributed by atoms with Crippen LogP contribution in [0.3, 0.4) is 0 Å². The molecule has 0 spiro atoms. The number of H-pyrrole nitrogens is 1. The molecule has 2 N–H and O–H groups in total. The number of aromatic amines is 1. The topological polar surface area (TPSA) is 74.8 Å². The third-order valence-electron chi connectivity index (χ3n) is 2.23. The number of aromatic nitrogens is 2. The van der Waals surface area contributed by atoms with E-state index in [0.717, 1.165) is 10.6 Å². The van der Waals surface area contributed by atoms with Crippen LogP contribution >= 0.6 is 11.3 Å². The fourth-order valence-electron chi connectivity index (χ4n) is 1.37. The summed E-state index contributed by atoms with van der Waals surface area (Å²) in [4.78, 5) is 0.985. The zero-order valence-electron chi connectivity index (χ0n) is 9.30. The van der Waals surface area contributed by atoms with Crippen molar-refractivity contribution in [3.8, 4) is 0 Å². The van der Waals surface area contributed by atoms with Crippen molar-refractivity contribution in [2.45, 2.75) is 17.6 Å². The summed E-state index contributed by atoms with van der Waals surface area (Å²) in [5.41, 5.74) is 0.912. The van der Waals surface area contributed by atoms with Crippen molar-refractivity contribution < 1.29 is 8.42 Å². The number of sulfonamides is 1. The zero-order chi connectivity index (χ0) is 12.3. The Balaban J connectivity index is 1.94. The maximum atomic E-state index is 11.8. The molecule has 0 aliphatic carbocycles. The number of rotatable bonds is 5. The number of hydrogen-bond donors (Lipinski definition) is 2. The smallest absolute Gasteiger partial charge is 0.250 e. The van der Waals surface area contributed by atoms with Gasteiger partial charge in [-0.15, -0.1) is 11.3 Å². The van der Waals surface area contributed by atoms with Crippen LogP contribution in [0.15, 0.2) is 28.6 Å². The van der Waals surface area contributed by atoms with Crippen molar-refractivity contribution in [2.75, 3.05) is 6.54 Å². The van der Waals surface area contributed by atoms with E-state index in [1.165, 1.54) is 11.3 Å². The molecule has 0 amide bonds. The van der Waals surface area contributed by atoms with E-state index in [0.29, 0.717) is 17.2 Å². The second-order valence-corrected chi connectivity index (χ2v) is 6.88. The van der Waals surface area contributed by atoms with Crippen LogP contribution in [0.5, 0.6) is 0 Å². The maximum absolute atomic E-state index is 11.8. The molecule has 0 atom stereocenters. The second kappa shape index (κ2) is 4.99. The highest BCUT2D eigenvalue weighted by atomic mass is 32.2. The Morgan fingerprint density at radius 3 is 2.82 bits per heavy atom. The minimum absolute atomic E-state index is 0.361. The van der Waals surface area contributed by atoms with Crippen LogP contribution in [-0.2, 0) is 16.4 Å². The molecule has 0 aliphatic rings. The van der Waals surface area contributed by atoms with Gasteiger partial charge in [0.2, 0.25) is 10.0 Å². The summed E-state index contributed by atoms with van der Waals surface area (Å²) in [7, 11) is -3.36.